The first-order valence-corrected chi connectivity index (χ1v) is 12.5. The van der Waals surface area contributed by atoms with Crippen LogP contribution >= 0.6 is 11.6 Å². The van der Waals surface area contributed by atoms with Crippen LogP contribution in [0.4, 0.5) is 0 Å². The first-order chi connectivity index (χ1) is 15.8. The molecule has 1 saturated heterocycles. The minimum absolute atomic E-state index is 0.0370. The zero-order valence-electron chi connectivity index (χ0n) is 18.4. The van der Waals surface area contributed by atoms with Gasteiger partial charge in [0.15, 0.2) is 0 Å². The number of benzene rings is 2. The first-order valence-electron chi connectivity index (χ1n) is 10.7. The maximum Gasteiger partial charge on any atom is 0.244 e. The van der Waals surface area contributed by atoms with Gasteiger partial charge in [0.25, 0.3) is 0 Å². The fraction of sp³-hybridized carbons (Fsp3) is 0.348. The van der Waals surface area contributed by atoms with Crippen molar-refractivity contribution in [2.24, 2.45) is 5.92 Å². The molecule has 4 rings (SSSR count). The summed E-state index contributed by atoms with van der Waals surface area (Å²) in [4.78, 5) is 16.9. The Bertz CT molecular complexity index is 1270. The van der Waals surface area contributed by atoms with E-state index in [1.165, 1.54) is 16.4 Å². The second-order valence-corrected chi connectivity index (χ2v) is 10.4. The van der Waals surface area contributed by atoms with Gasteiger partial charge < -0.3 is 9.84 Å². The number of halogens is 1. The zero-order valence-corrected chi connectivity index (χ0v) is 20.0. The zero-order chi connectivity index (χ0) is 23.6. The molecule has 8 nitrogen and oxygen atoms in total. The van der Waals surface area contributed by atoms with Gasteiger partial charge in [-0.05, 0) is 49.1 Å². The van der Waals surface area contributed by atoms with E-state index in [9.17, 15) is 13.2 Å². The van der Waals surface area contributed by atoms with Gasteiger partial charge in [-0.1, -0.05) is 41.0 Å². The van der Waals surface area contributed by atoms with Crippen LogP contribution in [-0.4, -0.2) is 41.9 Å². The van der Waals surface area contributed by atoms with E-state index in [-0.39, 0.29) is 28.2 Å². The number of aromatic nitrogens is 2. The fourth-order valence-corrected chi connectivity index (χ4v) is 5.93. The van der Waals surface area contributed by atoms with Crippen molar-refractivity contribution >= 4 is 27.5 Å². The predicted molar refractivity (Wildman–Crippen MR) is 124 cm³/mol. The van der Waals surface area contributed by atoms with Crippen molar-refractivity contribution in [1.29, 1.82) is 0 Å². The Labute approximate surface area is 198 Å². The Hall–Kier alpha value is -2.75. The Morgan fingerprint density at radius 1 is 1.24 bits per heavy atom. The quantitative estimate of drug-likeness (QED) is 0.566. The molecule has 0 radical (unpaired) electrons. The number of sulfonamides is 1. The van der Waals surface area contributed by atoms with Gasteiger partial charge >= 0.3 is 0 Å². The van der Waals surface area contributed by atoms with Gasteiger partial charge in [0.05, 0.1) is 10.9 Å². The summed E-state index contributed by atoms with van der Waals surface area (Å²) in [6.45, 7) is 4.48. The van der Waals surface area contributed by atoms with Crippen LogP contribution < -0.4 is 5.32 Å². The number of nitrogens with zero attached hydrogens (tertiary/aromatic N) is 3. The second kappa shape index (κ2) is 9.62. The lowest BCUT2D eigenvalue weighted by atomic mass is 9.98. The van der Waals surface area contributed by atoms with Crippen molar-refractivity contribution < 1.29 is 17.7 Å². The normalized spacial score (nSPS) is 17.1. The smallest absolute Gasteiger partial charge is 0.244 e. The summed E-state index contributed by atoms with van der Waals surface area (Å²) < 4.78 is 33.2. The number of aryl methyl sites for hydroxylation is 2. The molecule has 1 aromatic heterocycles. The van der Waals surface area contributed by atoms with Gasteiger partial charge in [-0.3, -0.25) is 4.79 Å². The van der Waals surface area contributed by atoms with Crippen LogP contribution in [0.15, 0.2) is 51.9 Å². The topological polar surface area (TPSA) is 105 Å². The molecule has 0 spiro atoms. The monoisotopic (exact) mass is 488 g/mol. The summed E-state index contributed by atoms with van der Waals surface area (Å²) in [6, 6.07) is 12.4. The predicted octanol–water partition coefficient (Wildman–Crippen LogP) is 3.72. The molecule has 3 aromatic rings. The van der Waals surface area contributed by atoms with E-state index in [4.69, 9.17) is 16.1 Å². The summed E-state index contributed by atoms with van der Waals surface area (Å²) >= 11 is 6.27. The second-order valence-electron chi connectivity index (χ2n) is 8.13. The van der Waals surface area contributed by atoms with Crippen molar-refractivity contribution in [2.45, 2.75) is 38.1 Å². The highest BCUT2D eigenvalue weighted by molar-refractivity contribution is 7.89. The standard InChI is InChI=1S/C23H25ClN4O4S/c1-15-6-3-4-7-18(15)13-25-23(29)19-8-5-11-28(14-19)33(30,31)21-12-17(9-10-20(21)24)22-26-16(2)32-27-22/h3-4,6-7,9-10,12,19H,5,8,11,13-14H2,1-2H3,(H,25,29)/t19-/m0/s1. The third-order valence-corrected chi connectivity index (χ3v) is 8.15. The molecule has 1 aliphatic rings. The highest BCUT2D eigenvalue weighted by Crippen LogP contribution is 2.31. The highest BCUT2D eigenvalue weighted by atomic mass is 35.5. The van der Waals surface area contributed by atoms with Crippen molar-refractivity contribution in [3.63, 3.8) is 0 Å². The van der Waals surface area contributed by atoms with Crippen LogP contribution in [0.5, 0.6) is 0 Å². The van der Waals surface area contributed by atoms with Crippen molar-refractivity contribution in [3.8, 4) is 11.4 Å². The van der Waals surface area contributed by atoms with Gasteiger partial charge in [0.1, 0.15) is 4.90 Å². The molecule has 10 heteroatoms. The van der Waals surface area contributed by atoms with E-state index < -0.39 is 15.9 Å². The largest absolute Gasteiger partial charge is 0.352 e. The first kappa shape index (κ1) is 23.4. The molecular weight excluding hydrogens is 464 g/mol. The molecule has 174 valence electrons. The third kappa shape index (κ3) is 5.10. The average Bonchev–Trinajstić information content (AvgIpc) is 3.25. The van der Waals surface area contributed by atoms with Crippen LogP contribution in [0, 0.1) is 19.8 Å². The van der Waals surface area contributed by atoms with Crippen LogP contribution in [0.25, 0.3) is 11.4 Å². The number of nitrogens with one attached hydrogen (secondary N) is 1. The van der Waals surface area contributed by atoms with Crippen LogP contribution in [0.3, 0.4) is 0 Å². The number of hydrogen-bond acceptors (Lipinski definition) is 6. The van der Waals surface area contributed by atoms with E-state index in [1.54, 1.807) is 13.0 Å². The maximum absolute atomic E-state index is 13.4. The molecule has 0 unspecified atom stereocenters. The molecule has 2 aromatic carbocycles. The Balaban J connectivity index is 1.50. The lowest BCUT2D eigenvalue weighted by Gasteiger charge is -2.31. The Morgan fingerprint density at radius 2 is 2.03 bits per heavy atom. The van der Waals surface area contributed by atoms with Crippen LogP contribution in [-0.2, 0) is 21.4 Å². The molecule has 1 fully saturated rings. The number of carbonyl (C=O) groups excluding carboxylic acids is 1. The highest BCUT2D eigenvalue weighted by Gasteiger charge is 2.34. The van der Waals surface area contributed by atoms with E-state index in [1.807, 2.05) is 31.2 Å². The Kier molecular flexibility index (Phi) is 6.83. The van der Waals surface area contributed by atoms with Gasteiger partial charge in [-0.15, -0.1) is 0 Å². The molecule has 33 heavy (non-hydrogen) atoms. The number of hydrogen-bond donors (Lipinski definition) is 1. The molecule has 0 bridgehead atoms. The summed E-state index contributed by atoms with van der Waals surface area (Å²) in [6.07, 6.45) is 1.21. The summed E-state index contributed by atoms with van der Waals surface area (Å²) in [5, 5.41) is 6.90. The average molecular weight is 489 g/mol. The molecule has 0 saturated carbocycles. The summed E-state index contributed by atoms with van der Waals surface area (Å²) in [7, 11) is -3.92. The molecule has 0 aliphatic carbocycles. The molecule has 1 aliphatic heterocycles. The van der Waals surface area contributed by atoms with Gasteiger partial charge in [-0.2, -0.15) is 9.29 Å². The van der Waals surface area contributed by atoms with Crippen LogP contribution in [0.2, 0.25) is 5.02 Å². The van der Waals surface area contributed by atoms with Gasteiger partial charge in [0, 0.05) is 32.1 Å². The molecule has 1 atom stereocenters. The summed E-state index contributed by atoms with van der Waals surface area (Å²) in [5.74, 6) is 0.0762. The minimum Gasteiger partial charge on any atom is -0.352 e. The van der Waals surface area contributed by atoms with Crippen LogP contribution in [0.1, 0.15) is 29.9 Å². The van der Waals surface area contributed by atoms with Gasteiger partial charge in [0.2, 0.25) is 27.6 Å². The third-order valence-electron chi connectivity index (χ3n) is 5.80. The number of rotatable bonds is 6. The van der Waals surface area contributed by atoms with Gasteiger partial charge in [-0.25, -0.2) is 8.42 Å². The maximum atomic E-state index is 13.4. The van der Waals surface area contributed by atoms with E-state index >= 15 is 0 Å². The molecule has 1 amide bonds. The van der Waals surface area contributed by atoms with Crippen molar-refractivity contribution in [1.82, 2.24) is 19.8 Å². The fourth-order valence-electron chi connectivity index (χ4n) is 3.91. The minimum atomic E-state index is -3.92. The van der Waals surface area contributed by atoms with E-state index in [0.717, 1.165) is 11.1 Å². The lowest BCUT2D eigenvalue weighted by molar-refractivity contribution is -0.126. The number of carbonyl (C=O) groups is 1. The van der Waals surface area contributed by atoms with E-state index in [2.05, 4.69) is 15.5 Å². The van der Waals surface area contributed by atoms with E-state index in [0.29, 0.717) is 37.4 Å². The van der Waals surface area contributed by atoms with Crippen molar-refractivity contribution in [3.05, 3.63) is 64.5 Å². The SMILES string of the molecule is Cc1nc(-c2ccc(Cl)c(S(=O)(=O)N3CCC[C@H](C(=O)NCc4ccccc4C)C3)c2)no1. The molecule has 1 N–H and O–H groups in total. The molecular formula is C23H25ClN4O4S. The number of amides is 1. The lowest BCUT2D eigenvalue weighted by Crippen LogP contribution is -2.45. The Morgan fingerprint density at radius 3 is 2.76 bits per heavy atom. The molecule has 2 heterocycles. The van der Waals surface area contributed by atoms with Crippen molar-refractivity contribution in [2.75, 3.05) is 13.1 Å². The summed E-state index contributed by atoms with van der Waals surface area (Å²) in [5.41, 5.74) is 2.61. The number of piperidine rings is 1.